The van der Waals surface area contributed by atoms with Crippen molar-refractivity contribution in [3.8, 4) is 33.8 Å². The summed E-state index contributed by atoms with van der Waals surface area (Å²) in [6, 6.07) is 27.6. The monoisotopic (exact) mass is 558 g/mol. The molecular formula is C37H28F2O3. The number of hydrogen-bond acceptors (Lipinski definition) is 3. The van der Waals surface area contributed by atoms with Gasteiger partial charge in [-0.15, -0.1) is 0 Å². The van der Waals surface area contributed by atoms with Gasteiger partial charge < -0.3 is 10.2 Å². The van der Waals surface area contributed by atoms with Crippen molar-refractivity contribution in [3.05, 3.63) is 156 Å². The zero-order valence-electron chi connectivity index (χ0n) is 22.7. The lowest BCUT2D eigenvalue weighted by Crippen LogP contribution is -2.23. The molecule has 2 unspecified atom stereocenters. The van der Waals surface area contributed by atoms with Crippen LogP contribution in [0.15, 0.2) is 145 Å². The van der Waals surface area contributed by atoms with Crippen molar-refractivity contribution in [2.24, 2.45) is 0 Å². The quantitative estimate of drug-likeness (QED) is 0.249. The fourth-order valence-electron chi connectivity index (χ4n) is 5.61. The number of Topliss-reactive ketones (excluding diaryl/α,β-unsaturated/α-hetero) is 1. The highest BCUT2D eigenvalue weighted by molar-refractivity contribution is 6.12. The molecule has 4 aromatic rings. The Bertz CT molecular complexity index is 1650. The standard InChI is InChI=1S/C37H28F2O3/c38-36(33-7-3-1-5-31(33)25-9-13-29(40)14-10-25)21-17-27(18-22-36)35(42)28-19-23-37(39,24-20-28)34-8-4-2-6-32(34)26-11-15-30(41)16-12-26/h1-21,23,40-41H,22,24H2. The van der Waals surface area contributed by atoms with Gasteiger partial charge in [-0.3, -0.25) is 4.79 Å². The average molecular weight is 559 g/mol. The van der Waals surface area contributed by atoms with Gasteiger partial charge in [0, 0.05) is 35.1 Å². The summed E-state index contributed by atoms with van der Waals surface area (Å²) in [6.07, 6.45) is 8.99. The number of phenolic OH excluding ortho intramolecular Hbond substituents is 2. The molecule has 0 spiro atoms. The molecule has 0 aliphatic heterocycles. The van der Waals surface area contributed by atoms with Crippen molar-refractivity contribution in [1.29, 1.82) is 0 Å². The molecule has 0 bridgehead atoms. The molecule has 0 fully saturated rings. The summed E-state index contributed by atoms with van der Waals surface area (Å²) in [5.74, 6) is -0.0230. The van der Waals surface area contributed by atoms with Crippen LogP contribution in [0.5, 0.6) is 11.5 Å². The first-order chi connectivity index (χ1) is 20.3. The van der Waals surface area contributed by atoms with Gasteiger partial charge in [0.1, 0.15) is 11.5 Å². The van der Waals surface area contributed by atoms with Gasteiger partial charge in [0.15, 0.2) is 17.1 Å². The lowest BCUT2D eigenvalue weighted by molar-refractivity contribution is -0.111. The molecule has 0 amide bonds. The maximum absolute atomic E-state index is 16.3. The average Bonchev–Trinajstić information content (AvgIpc) is 3.02. The van der Waals surface area contributed by atoms with Gasteiger partial charge in [0.05, 0.1) is 0 Å². The van der Waals surface area contributed by atoms with Crippen LogP contribution in [0, 0.1) is 0 Å². The maximum Gasteiger partial charge on any atom is 0.192 e. The minimum atomic E-state index is -1.82. The van der Waals surface area contributed by atoms with Crippen molar-refractivity contribution in [3.63, 3.8) is 0 Å². The Hall–Kier alpha value is -5.03. The van der Waals surface area contributed by atoms with Crippen LogP contribution in [0.1, 0.15) is 24.0 Å². The van der Waals surface area contributed by atoms with Gasteiger partial charge in [0.2, 0.25) is 0 Å². The van der Waals surface area contributed by atoms with Crippen molar-refractivity contribution < 1.29 is 23.8 Å². The van der Waals surface area contributed by atoms with Crippen LogP contribution in [-0.2, 0) is 16.1 Å². The summed E-state index contributed by atoms with van der Waals surface area (Å²) in [6.45, 7) is 0. The molecule has 42 heavy (non-hydrogen) atoms. The third-order valence-electron chi connectivity index (χ3n) is 7.92. The Kier molecular flexibility index (Phi) is 6.95. The number of aromatic hydroxyl groups is 2. The number of benzene rings is 4. The Morgan fingerprint density at radius 3 is 1.31 bits per heavy atom. The highest BCUT2D eigenvalue weighted by Crippen LogP contribution is 2.43. The minimum absolute atomic E-state index is 0.0241. The first-order valence-corrected chi connectivity index (χ1v) is 13.7. The number of ketones is 1. The molecule has 2 atom stereocenters. The van der Waals surface area contributed by atoms with Crippen LogP contribution in [0.2, 0.25) is 0 Å². The van der Waals surface area contributed by atoms with E-state index in [1.165, 1.54) is 24.3 Å². The molecular weight excluding hydrogens is 530 g/mol. The first kappa shape index (κ1) is 27.2. The lowest BCUT2D eigenvalue weighted by atomic mass is 9.80. The van der Waals surface area contributed by atoms with Gasteiger partial charge in [-0.05, 0) is 58.7 Å². The van der Waals surface area contributed by atoms with Crippen molar-refractivity contribution >= 4 is 5.78 Å². The molecule has 2 aliphatic carbocycles. The van der Waals surface area contributed by atoms with Gasteiger partial charge in [0.25, 0.3) is 0 Å². The molecule has 2 aliphatic rings. The van der Waals surface area contributed by atoms with Crippen LogP contribution in [0.4, 0.5) is 8.78 Å². The topological polar surface area (TPSA) is 57.5 Å². The Balaban J connectivity index is 1.21. The predicted molar refractivity (Wildman–Crippen MR) is 161 cm³/mol. The molecule has 6 rings (SSSR count). The molecule has 0 aromatic heterocycles. The van der Waals surface area contributed by atoms with Crippen LogP contribution >= 0.6 is 0 Å². The molecule has 4 aromatic carbocycles. The zero-order chi connectivity index (χ0) is 29.3. The number of allylic oxidation sites excluding steroid dienone is 8. The van der Waals surface area contributed by atoms with E-state index >= 15 is 8.78 Å². The molecule has 0 saturated heterocycles. The van der Waals surface area contributed by atoms with Crippen LogP contribution in [0.25, 0.3) is 22.3 Å². The molecule has 0 radical (unpaired) electrons. The fourth-order valence-corrected chi connectivity index (χ4v) is 5.61. The second kappa shape index (κ2) is 10.7. The summed E-state index contributed by atoms with van der Waals surface area (Å²) in [7, 11) is 0. The fraction of sp³-hybridized carbons (Fsp3) is 0.108. The van der Waals surface area contributed by atoms with Crippen molar-refractivity contribution in [2.75, 3.05) is 0 Å². The van der Waals surface area contributed by atoms with Crippen molar-refractivity contribution in [2.45, 2.75) is 24.2 Å². The summed E-state index contributed by atoms with van der Waals surface area (Å²) in [5.41, 5.74) is 0.992. The number of rotatable bonds is 6. The summed E-state index contributed by atoms with van der Waals surface area (Å²) >= 11 is 0. The minimum Gasteiger partial charge on any atom is -0.508 e. The number of alkyl halides is 2. The summed E-state index contributed by atoms with van der Waals surface area (Å²) < 4.78 is 32.6. The predicted octanol–water partition coefficient (Wildman–Crippen LogP) is 8.80. The zero-order valence-corrected chi connectivity index (χ0v) is 22.7. The van der Waals surface area contributed by atoms with E-state index in [1.807, 2.05) is 24.3 Å². The Morgan fingerprint density at radius 1 is 0.571 bits per heavy atom. The third kappa shape index (κ3) is 5.10. The summed E-state index contributed by atoms with van der Waals surface area (Å²) in [4.78, 5) is 13.4. The third-order valence-corrected chi connectivity index (χ3v) is 7.92. The van der Waals surface area contributed by atoms with Gasteiger partial charge in [-0.1, -0.05) is 97.1 Å². The van der Waals surface area contributed by atoms with Gasteiger partial charge in [-0.25, -0.2) is 8.78 Å². The number of carbonyl (C=O) groups is 1. The summed E-state index contributed by atoms with van der Waals surface area (Å²) in [5, 5.41) is 19.3. The second-order valence-corrected chi connectivity index (χ2v) is 10.6. The Labute approximate surface area is 243 Å². The van der Waals surface area contributed by atoms with Crippen LogP contribution in [0.3, 0.4) is 0 Å². The number of halogens is 2. The van der Waals surface area contributed by atoms with E-state index in [1.54, 1.807) is 84.9 Å². The highest BCUT2D eigenvalue weighted by atomic mass is 19.1. The number of carbonyl (C=O) groups excluding carboxylic acids is 1. The van der Waals surface area contributed by atoms with Crippen molar-refractivity contribution in [1.82, 2.24) is 0 Å². The van der Waals surface area contributed by atoms with E-state index in [0.29, 0.717) is 33.4 Å². The smallest absolute Gasteiger partial charge is 0.192 e. The molecule has 3 nitrogen and oxygen atoms in total. The van der Waals surface area contributed by atoms with Crippen LogP contribution < -0.4 is 0 Å². The second-order valence-electron chi connectivity index (χ2n) is 10.6. The highest BCUT2D eigenvalue weighted by Gasteiger charge is 2.36. The largest absolute Gasteiger partial charge is 0.508 e. The Morgan fingerprint density at radius 2 is 0.952 bits per heavy atom. The number of hydrogen-bond donors (Lipinski definition) is 2. The molecule has 0 saturated carbocycles. The van der Waals surface area contributed by atoms with E-state index in [0.717, 1.165) is 11.1 Å². The van der Waals surface area contributed by atoms with Crippen LogP contribution in [-0.4, -0.2) is 16.0 Å². The van der Waals surface area contributed by atoms with E-state index < -0.39 is 11.3 Å². The molecule has 5 heteroatoms. The van der Waals surface area contributed by atoms with E-state index in [2.05, 4.69) is 0 Å². The lowest BCUT2D eigenvalue weighted by Gasteiger charge is -2.28. The molecule has 2 N–H and O–H groups in total. The molecule has 208 valence electrons. The number of phenols is 2. The molecule has 0 heterocycles. The normalized spacial score (nSPS) is 21.5. The van der Waals surface area contributed by atoms with Gasteiger partial charge >= 0.3 is 0 Å². The van der Waals surface area contributed by atoms with E-state index in [4.69, 9.17) is 0 Å². The SMILES string of the molecule is O=C(C1=CCC(F)(c2ccccc2-c2ccc(O)cc2)C=C1)C1=CCC(F)(c2ccccc2-c2ccc(O)cc2)C=C1. The first-order valence-electron chi connectivity index (χ1n) is 13.7. The van der Waals surface area contributed by atoms with Gasteiger partial charge in [-0.2, -0.15) is 0 Å². The van der Waals surface area contributed by atoms with E-state index in [9.17, 15) is 15.0 Å². The maximum atomic E-state index is 16.3. The van der Waals surface area contributed by atoms with E-state index in [-0.39, 0.29) is 30.1 Å².